The summed E-state index contributed by atoms with van der Waals surface area (Å²) >= 11 is 6.21. The van der Waals surface area contributed by atoms with E-state index in [1.165, 1.54) is 0 Å². The van der Waals surface area contributed by atoms with E-state index in [-0.39, 0.29) is 16.5 Å². The lowest BCUT2D eigenvalue weighted by Gasteiger charge is -2.22. The number of hydrogen-bond donors (Lipinski definition) is 0. The molecule has 7 heteroatoms. The molecule has 150 valence electrons. The summed E-state index contributed by atoms with van der Waals surface area (Å²) in [5, 5.41) is 0.0993. The minimum absolute atomic E-state index is 0.0993. The van der Waals surface area contributed by atoms with Crippen LogP contribution in [0.5, 0.6) is 0 Å². The standard InChI is InChI=1S/C21H26ClN3O3/c1-6-25(7-2)16-9-10-17(14(4)11-16)24-18-12-19(23-13-28-27-8-3)21(26)20(22)15(18)5/h9-13H,6-8H2,1-5H3. The van der Waals surface area contributed by atoms with Crippen molar-refractivity contribution >= 4 is 40.9 Å². The second kappa shape index (κ2) is 10.2. The van der Waals surface area contributed by atoms with Crippen LogP contribution in [-0.2, 0) is 14.6 Å². The van der Waals surface area contributed by atoms with Gasteiger partial charge in [0.25, 0.3) is 0 Å². The number of carbonyl (C=O) groups is 1. The van der Waals surface area contributed by atoms with Crippen LogP contribution in [0.4, 0.5) is 11.4 Å². The minimum atomic E-state index is -0.372. The van der Waals surface area contributed by atoms with Crippen molar-refractivity contribution in [1.29, 1.82) is 0 Å². The number of rotatable bonds is 8. The van der Waals surface area contributed by atoms with Gasteiger partial charge >= 0.3 is 0 Å². The predicted octanol–water partition coefficient (Wildman–Crippen LogP) is 4.89. The Balaban J connectivity index is 2.38. The minimum Gasteiger partial charge on any atom is -0.372 e. The summed E-state index contributed by atoms with van der Waals surface area (Å²) in [6.45, 7) is 12.1. The average Bonchev–Trinajstić information content (AvgIpc) is 2.69. The summed E-state index contributed by atoms with van der Waals surface area (Å²) in [5.74, 6) is -0.372. The van der Waals surface area contributed by atoms with Crippen molar-refractivity contribution in [2.24, 2.45) is 9.98 Å². The lowest BCUT2D eigenvalue weighted by Crippen LogP contribution is -2.21. The average molecular weight is 404 g/mol. The van der Waals surface area contributed by atoms with E-state index in [0.29, 0.717) is 17.9 Å². The maximum atomic E-state index is 12.3. The van der Waals surface area contributed by atoms with Crippen LogP contribution in [0.2, 0.25) is 0 Å². The number of aliphatic imine (C=N–C) groups is 2. The fourth-order valence-electron chi connectivity index (χ4n) is 2.77. The molecule has 0 spiro atoms. The third-order valence-electron chi connectivity index (χ3n) is 4.39. The van der Waals surface area contributed by atoms with Crippen molar-refractivity contribution < 1.29 is 14.6 Å². The number of Topliss-reactive ketones (excluding diaryl/α,β-unsaturated/α-hetero) is 1. The Morgan fingerprint density at radius 1 is 1.18 bits per heavy atom. The fraction of sp³-hybridized carbons (Fsp3) is 0.381. The number of carbonyl (C=O) groups excluding carboxylic acids is 1. The third kappa shape index (κ3) is 5.09. The molecule has 1 aromatic rings. The van der Waals surface area contributed by atoms with Gasteiger partial charge in [0.15, 0.2) is 0 Å². The summed E-state index contributed by atoms with van der Waals surface area (Å²) in [6.07, 6.45) is 2.67. The molecule has 0 fully saturated rings. The van der Waals surface area contributed by atoms with Gasteiger partial charge in [-0.25, -0.2) is 9.98 Å². The second-order valence-electron chi connectivity index (χ2n) is 6.18. The first-order valence-corrected chi connectivity index (χ1v) is 9.68. The van der Waals surface area contributed by atoms with E-state index in [0.717, 1.165) is 36.4 Å². The molecule has 0 radical (unpaired) electrons. The van der Waals surface area contributed by atoms with Gasteiger partial charge in [-0.3, -0.25) is 4.79 Å². The van der Waals surface area contributed by atoms with E-state index in [1.54, 1.807) is 19.9 Å². The number of halogens is 1. The Labute approximate surface area is 171 Å². The lowest BCUT2D eigenvalue weighted by atomic mass is 10.0. The third-order valence-corrected chi connectivity index (χ3v) is 4.84. The molecule has 1 aliphatic carbocycles. The maximum Gasteiger partial charge on any atom is 0.223 e. The van der Waals surface area contributed by atoms with E-state index < -0.39 is 0 Å². The number of hydrogen-bond acceptors (Lipinski definition) is 6. The zero-order valence-electron chi connectivity index (χ0n) is 17.0. The molecule has 6 nitrogen and oxygen atoms in total. The zero-order chi connectivity index (χ0) is 20.7. The highest BCUT2D eigenvalue weighted by atomic mass is 35.5. The summed E-state index contributed by atoms with van der Waals surface area (Å²) in [6, 6.07) is 6.13. The normalized spacial score (nSPS) is 16.1. The molecule has 28 heavy (non-hydrogen) atoms. The Hall–Kier alpha value is -2.44. The quantitative estimate of drug-likeness (QED) is 0.155. The number of allylic oxidation sites excluding steroid dienone is 3. The topological polar surface area (TPSA) is 63.5 Å². The van der Waals surface area contributed by atoms with E-state index >= 15 is 0 Å². The molecular weight excluding hydrogens is 378 g/mol. The first-order valence-electron chi connectivity index (χ1n) is 9.31. The van der Waals surface area contributed by atoms with Gasteiger partial charge in [0, 0.05) is 18.8 Å². The Morgan fingerprint density at radius 3 is 2.50 bits per heavy atom. The predicted molar refractivity (Wildman–Crippen MR) is 115 cm³/mol. The fourth-order valence-corrected chi connectivity index (χ4v) is 2.96. The van der Waals surface area contributed by atoms with Gasteiger partial charge in [-0.15, -0.1) is 0 Å². The van der Waals surface area contributed by atoms with Gasteiger partial charge in [0.2, 0.25) is 12.2 Å². The molecule has 1 aromatic carbocycles. The molecule has 0 N–H and O–H groups in total. The molecule has 0 saturated carbocycles. The van der Waals surface area contributed by atoms with Gasteiger partial charge in [0.1, 0.15) is 5.70 Å². The zero-order valence-corrected chi connectivity index (χ0v) is 17.7. The summed E-state index contributed by atoms with van der Waals surface area (Å²) in [7, 11) is 0. The van der Waals surface area contributed by atoms with Crippen LogP contribution >= 0.6 is 11.6 Å². The van der Waals surface area contributed by atoms with Gasteiger partial charge in [-0.1, -0.05) is 11.6 Å². The summed E-state index contributed by atoms with van der Waals surface area (Å²) in [4.78, 5) is 32.8. The summed E-state index contributed by atoms with van der Waals surface area (Å²) < 4.78 is 0. The van der Waals surface area contributed by atoms with Gasteiger partial charge in [-0.05, 0) is 70.0 Å². The van der Waals surface area contributed by atoms with Crippen molar-refractivity contribution in [1.82, 2.24) is 0 Å². The van der Waals surface area contributed by atoms with Crippen molar-refractivity contribution in [2.45, 2.75) is 34.6 Å². The van der Waals surface area contributed by atoms with Gasteiger partial charge in [-0.2, -0.15) is 4.89 Å². The number of benzene rings is 1. The van der Waals surface area contributed by atoms with E-state index in [2.05, 4.69) is 29.8 Å². The first-order chi connectivity index (χ1) is 13.4. The smallest absolute Gasteiger partial charge is 0.223 e. The van der Waals surface area contributed by atoms with Crippen LogP contribution in [0, 0.1) is 6.92 Å². The highest BCUT2D eigenvalue weighted by Crippen LogP contribution is 2.29. The SMILES string of the molecule is CCOOC=NC1=CC(=Nc2ccc(N(CC)CC)cc2C)C(C)=C(Cl)C1=O. The summed E-state index contributed by atoms with van der Waals surface area (Å²) in [5.41, 5.74) is 4.36. The van der Waals surface area contributed by atoms with Crippen LogP contribution in [0.1, 0.15) is 33.3 Å². The monoisotopic (exact) mass is 403 g/mol. The van der Waals surface area contributed by atoms with Crippen molar-refractivity contribution in [3.05, 3.63) is 46.1 Å². The first kappa shape index (κ1) is 21.9. The lowest BCUT2D eigenvalue weighted by molar-refractivity contribution is -0.211. The van der Waals surface area contributed by atoms with Crippen LogP contribution in [0.15, 0.2) is 50.6 Å². The molecule has 0 amide bonds. The van der Waals surface area contributed by atoms with E-state index in [1.807, 2.05) is 19.1 Å². The Kier molecular flexibility index (Phi) is 7.96. The molecule has 0 unspecified atom stereocenters. The van der Waals surface area contributed by atoms with Crippen molar-refractivity contribution in [3.8, 4) is 0 Å². The number of nitrogens with zero attached hydrogens (tertiary/aromatic N) is 3. The molecule has 0 aromatic heterocycles. The molecule has 0 heterocycles. The van der Waals surface area contributed by atoms with Gasteiger partial charge < -0.3 is 9.79 Å². The van der Waals surface area contributed by atoms with Gasteiger partial charge in [0.05, 0.1) is 23.0 Å². The highest BCUT2D eigenvalue weighted by Gasteiger charge is 2.23. The van der Waals surface area contributed by atoms with E-state index in [4.69, 9.17) is 26.4 Å². The van der Waals surface area contributed by atoms with Crippen LogP contribution < -0.4 is 4.90 Å². The van der Waals surface area contributed by atoms with Crippen LogP contribution in [0.25, 0.3) is 0 Å². The van der Waals surface area contributed by atoms with Crippen molar-refractivity contribution in [3.63, 3.8) is 0 Å². The number of aryl methyl sites for hydroxylation is 1. The van der Waals surface area contributed by atoms with Crippen LogP contribution in [-0.4, -0.2) is 37.6 Å². The Bertz CT molecular complexity index is 852. The number of ketones is 1. The largest absolute Gasteiger partial charge is 0.372 e. The highest BCUT2D eigenvalue weighted by molar-refractivity contribution is 6.49. The second-order valence-corrected chi connectivity index (χ2v) is 6.55. The molecule has 1 aliphatic rings. The molecule has 0 saturated heterocycles. The number of anilines is 1. The van der Waals surface area contributed by atoms with Crippen LogP contribution in [0.3, 0.4) is 0 Å². The van der Waals surface area contributed by atoms with Crippen molar-refractivity contribution in [2.75, 3.05) is 24.6 Å². The molecule has 2 rings (SSSR count). The molecular formula is C21H26ClN3O3. The molecule has 0 aliphatic heterocycles. The molecule has 0 bridgehead atoms. The van der Waals surface area contributed by atoms with E-state index in [9.17, 15) is 4.79 Å². The molecule has 0 atom stereocenters. The Morgan fingerprint density at radius 2 is 1.89 bits per heavy atom. The maximum absolute atomic E-state index is 12.3.